The van der Waals surface area contributed by atoms with Gasteiger partial charge < -0.3 is 10.5 Å². The van der Waals surface area contributed by atoms with Gasteiger partial charge in [0.2, 0.25) is 5.91 Å². The first-order chi connectivity index (χ1) is 8.40. The third-order valence-electron chi connectivity index (χ3n) is 2.35. The molecule has 1 aromatic rings. The van der Waals surface area contributed by atoms with E-state index in [4.69, 9.17) is 10.5 Å². The van der Waals surface area contributed by atoms with Gasteiger partial charge in [-0.2, -0.15) is 0 Å². The standard InChI is InChI=1S/C14H22N2O2/c1-9(2)16-13(14(15)17)11-6-5-7-12(8-11)18-10(3)4/h5-10,13,16H,1-4H3,(H2,15,17). The van der Waals surface area contributed by atoms with Gasteiger partial charge in [-0.15, -0.1) is 0 Å². The molecule has 0 spiro atoms. The molecule has 3 N–H and O–H groups in total. The maximum atomic E-state index is 11.5. The number of hydrogen-bond donors (Lipinski definition) is 2. The molecule has 0 bridgehead atoms. The Labute approximate surface area is 109 Å². The Kier molecular flexibility index (Phi) is 5.16. The van der Waals surface area contributed by atoms with E-state index in [2.05, 4.69) is 5.32 Å². The summed E-state index contributed by atoms with van der Waals surface area (Å²) in [5.74, 6) is 0.365. The topological polar surface area (TPSA) is 64.3 Å². The minimum Gasteiger partial charge on any atom is -0.491 e. The lowest BCUT2D eigenvalue weighted by Crippen LogP contribution is -2.37. The highest BCUT2D eigenvalue weighted by atomic mass is 16.5. The van der Waals surface area contributed by atoms with Crippen molar-refractivity contribution in [2.75, 3.05) is 0 Å². The zero-order valence-corrected chi connectivity index (χ0v) is 11.4. The minimum absolute atomic E-state index is 0.102. The molecule has 0 saturated carbocycles. The molecule has 0 aliphatic heterocycles. The van der Waals surface area contributed by atoms with Gasteiger partial charge in [0.15, 0.2) is 0 Å². The van der Waals surface area contributed by atoms with Crippen molar-refractivity contribution in [3.63, 3.8) is 0 Å². The maximum Gasteiger partial charge on any atom is 0.239 e. The second kappa shape index (κ2) is 6.40. The van der Waals surface area contributed by atoms with Gasteiger partial charge in [-0.25, -0.2) is 0 Å². The van der Waals surface area contributed by atoms with Gasteiger partial charge in [-0.05, 0) is 45.4 Å². The first kappa shape index (κ1) is 14.5. The van der Waals surface area contributed by atoms with Gasteiger partial charge in [0.1, 0.15) is 11.8 Å². The second-order valence-electron chi connectivity index (χ2n) is 4.90. The van der Waals surface area contributed by atoms with Crippen molar-refractivity contribution in [1.29, 1.82) is 0 Å². The van der Waals surface area contributed by atoms with Gasteiger partial charge in [-0.1, -0.05) is 12.1 Å². The average molecular weight is 250 g/mol. The molecule has 0 aliphatic carbocycles. The van der Waals surface area contributed by atoms with Crippen LogP contribution in [0.4, 0.5) is 0 Å². The molecule has 0 fully saturated rings. The third-order valence-corrected chi connectivity index (χ3v) is 2.35. The third kappa shape index (κ3) is 4.37. The Bertz CT molecular complexity index is 403. The van der Waals surface area contributed by atoms with E-state index in [-0.39, 0.29) is 18.1 Å². The van der Waals surface area contributed by atoms with Crippen molar-refractivity contribution in [1.82, 2.24) is 5.32 Å². The van der Waals surface area contributed by atoms with Crippen LogP contribution in [0.2, 0.25) is 0 Å². The number of carbonyl (C=O) groups is 1. The highest BCUT2D eigenvalue weighted by Gasteiger charge is 2.18. The summed E-state index contributed by atoms with van der Waals surface area (Å²) in [4.78, 5) is 11.5. The highest BCUT2D eigenvalue weighted by Crippen LogP contribution is 2.20. The molecular weight excluding hydrogens is 228 g/mol. The van der Waals surface area contributed by atoms with Crippen LogP contribution in [0.25, 0.3) is 0 Å². The number of rotatable bonds is 6. The van der Waals surface area contributed by atoms with Crippen molar-refractivity contribution in [3.05, 3.63) is 29.8 Å². The SMILES string of the molecule is CC(C)NC(C(N)=O)c1cccc(OC(C)C)c1. The normalized spacial score (nSPS) is 12.8. The predicted molar refractivity (Wildman–Crippen MR) is 72.4 cm³/mol. The zero-order valence-electron chi connectivity index (χ0n) is 11.4. The van der Waals surface area contributed by atoms with Crippen LogP contribution < -0.4 is 15.8 Å². The van der Waals surface area contributed by atoms with Crippen LogP contribution in [0.1, 0.15) is 39.3 Å². The van der Waals surface area contributed by atoms with Crippen molar-refractivity contribution in [2.24, 2.45) is 5.73 Å². The molecule has 0 saturated heterocycles. The van der Waals surface area contributed by atoms with E-state index in [1.807, 2.05) is 52.0 Å². The maximum absolute atomic E-state index is 11.5. The fourth-order valence-electron chi connectivity index (χ4n) is 1.72. The van der Waals surface area contributed by atoms with Gasteiger partial charge >= 0.3 is 0 Å². The molecule has 1 amide bonds. The molecule has 1 rings (SSSR count). The van der Waals surface area contributed by atoms with Crippen LogP contribution in [0.15, 0.2) is 24.3 Å². The summed E-state index contributed by atoms with van der Waals surface area (Å²) in [6.45, 7) is 7.88. The summed E-state index contributed by atoms with van der Waals surface area (Å²) < 4.78 is 5.61. The smallest absolute Gasteiger partial charge is 0.239 e. The molecule has 0 heterocycles. The summed E-state index contributed by atoms with van der Waals surface area (Å²) in [6, 6.07) is 7.16. The fraction of sp³-hybridized carbons (Fsp3) is 0.500. The molecule has 1 atom stereocenters. The van der Waals surface area contributed by atoms with Gasteiger partial charge in [0, 0.05) is 6.04 Å². The molecule has 1 unspecified atom stereocenters. The lowest BCUT2D eigenvalue weighted by Gasteiger charge is -2.19. The molecule has 1 aromatic carbocycles. The zero-order chi connectivity index (χ0) is 13.7. The van der Waals surface area contributed by atoms with Gasteiger partial charge in [-0.3, -0.25) is 10.1 Å². The van der Waals surface area contributed by atoms with Crippen LogP contribution in [0.3, 0.4) is 0 Å². The number of nitrogens with two attached hydrogens (primary N) is 1. The van der Waals surface area contributed by atoms with E-state index >= 15 is 0 Å². The van der Waals surface area contributed by atoms with Crippen molar-refractivity contribution >= 4 is 5.91 Å². The van der Waals surface area contributed by atoms with E-state index in [9.17, 15) is 4.79 Å². The number of benzene rings is 1. The summed E-state index contributed by atoms with van der Waals surface area (Å²) in [5, 5.41) is 3.15. The largest absolute Gasteiger partial charge is 0.491 e. The number of hydrogen-bond acceptors (Lipinski definition) is 3. The second-order valence-corrected chi connectivity index (χ2v) is 4.90. The number of ether oxygens (including phenoxy) is 1. The molecule has 0 radical (unpaired) electrons. The number of carbonyl (C=O) groups excluding carboxylic acids is 1. The fourth-order valence-corrected chi connectivity index (χ4v) is 1.72. The van der Waals surface area contributed by atoms with Crippen LogP contribution in [-0.4, -0.2) is 18.1 Å². The number of nitrogens with one attached hydrogen (secondary N) is 1. The Morgan fingerprint density at radius 3 is 2.44 bits per heavy atom. The van der Waals surface area contributed by atoms with Crippen molar-refractivity contribution < 1.29 is 9.53 Å². The monoisotopic (exact) mass is 250 g/mol. The summed E-state index contributed by atoms with van der Waals surface area (Å²) in [6.07, 6.45) is 0.102. The number of amides is 1. The highest BCUT2D eigenvalue weighted by molar-refractivity contribution is 5.81. The Balaban J connectivity index is 2.94. The Morgan fingerprint density at radius 2 is 1.94 bits per heavy atom. The lowest BCUT2D eigenvalue weighted by atomic mass is 10.1. The van der Waals surface area contributed by atoms with E-state index in [1.54, 1.807) is 0 Å². The van der Waals surface area contributed by atoms with E-state index in [0.717, 1.165) is 11.3 Å². The van der Waals surface area contributed by atoms with Crippen molar-refractivity contribution in [2.45, 2.75) is 45.9 Å². The van der Waals surface area contributed by atoms with Crippen molar-refractivity contribution in [3.8, 4) is 5.75 Å². The first-order valence-electron chi connectivity index (χ1n) is 6.22. The average Bonchev–Trinajstić information content (AvgIpc) is 2.24. The van der Waals surface area contributed by atoms with Crippen LogP contribution in [-0.2, 0) is 4.79 Å². The first-order valence-corrected chi connectivity index (χ1v) is 6.22. The minimum atomic E-state index is -0.485. The van der Waals surface area contributed by atoms with E-state index in [0.29, 0.717) is 0 Å². The predicted octanol–water partition coefficient (Wildman–Crippen LogP) is 2.00. The molecule has 4 nitrogen and oxygen atoms in total. The van der Waals surface area contributed by atoms with Crippen LogP contribution >= 0.6 is 0 Å². The molecule has 4 heteroatoms. The van der Waals surface area contributed by atoms with Gasteiger partial charge in [0.25, 0.3) is 0 Å². The molecule has 100 valence electrons. The lowest BCUT2D eigenvalue weighted by molar-refractivity contribution is -0.120. The van der Waals surface area contributed by atoms with Crippen LogP contribution in [0.5, 0.6) is 5.75 Å². The van der Waals surface area contributed by atoms with Crippen LogP contribution in [0, 0.1) is 0 Å². The summed E-state index contributed by atoms with van der Waals surface area (Å²) >= 11 is 0. The Morgan fingerprint density at radius 1 is 1.28 bits per heavy atom. The Hall–Kier alpha value is -1.55. The van der Waals surface area contributed by atoms with E-state index < -0.39 is 6.04 Å². The molecular formula is C14H22N2O2. The van der Waals surface area contributed by atoms with Gasteiger partial charge in [0.05, 0.1) is 6.10 Å². The summed E-state index contributed by atoms with van der Waals surface area (Å²) in [7, 11) is 0. The molecule has 18 heavy (non-hydrogen) atoms. The number of primary amides is 1. The molecule has 0 aromatic heterocycles. The van der Waals surface area contributed by atoms with E-state index in [1.165, 1.54) is 0 Å². The quantitative estimate of drug-likeness (QED) is 0.811. The summed E-state index contributed by atoms with van der Waals surface area (Å²) in [5.41, 5.74) is 6.25. The molecule has 0 aliphatic rings.